The van der Waals surface area contributed by atoms with E-state index in [1.807, 2.05) is 41.9 Å². The van der Waals surface area contributed by atoms with E-state index in [0.717, 1.165) is 11.3 Å². The number of rotatable bonds is 6. The van der Waals surface area contributed by atoms with Crippen molar-refractivity contribution >= 4 is 23.2 Å². The Morgan fingerprint density at radius 2 is 1.87 bits per heavy atom. The van der Waals surface area contributed by atoms with Crippen molar-refractivity contribution in [2.24, 2.45) is 14.1 Å². The van der Waals surface area contributed by atoms with Gasteiger partial charge in [0.25, 0.3) is 5.69 Å². The first-order valence-corrected chi connectivity index (χ1v) is 9.83. The molecular weight excluding hydrogens is 402 g/mol. The van der Waals surface area contributed by atoms with E-state index >= 15 is 0 Å². The number of nitrogens with zero attached hydrogens (tertiary/aromatic N) is 5. The number of ketones is 1. The van der Waals surface area contributed by atoms with E-state index < -0.39 is 4.92 Å². The standard InChI is InChI=1S/C21H17N5O3S/c1-24-11-10-22-20(24)19(27)15-8-9-18(16(12-15)26(28)29)30-21-23-13-17(25(21)2)14-6-4-3-5-7-14/h3-13H,1-2H3. The van der Waals surface area contributed by atoms with Crippen molar-refractivity contribution in [3.63, 3.8) is 0 Å². The lowest BCUT2D eigenvalue weighted by Crippen LogP contribution is -2.09. The minimum absolute atomic E-state index is 0.149. The summed E-state index contributed by atoms with van der Waals surface area (Å²) in [7, 11) is 3.56. The molecule has 0 fully saturated rings. The van der Waals surface area contributed by atoms with Crippen molar-refractivity contribution < 1.29 is 9.72 Å². The quantitative estimate of drug-likeness (QED) is 0.265. The van der Waals surface area contributed by atoms with Crippen LogP contribution in [-0.2, 0) is 14.1 Å². The number of hydrogen-bond acceptors (Lipinski definition) is 6. The fraction of sp³-hybridized carbons (Fsp3) is 0.0952. The molecule has 0 aliphatic carbocycles. The van der Waals surface area contributed by atoms with Crippen LogP contribution in [0.2, 0.25) is 0 Å². The van der Waals surface area contributed by atoms with Gasteiger partial charge in [-0.3, -0.25) is 14.9 Å². The minimum atomic E-state index is -0.488. The third-order valence-corrected chi connectivity index (χ3v) is 5.79. The predicted octanol–water partition coefficient (Wildman–Crippen LogP) is 4.11. The second-order valence-electron chi connectivity index (χ2n) is 6.58. The smallest absolute Gasteiger partial charge is 0.284 e. The molecule has 2 heterocycles. The average Bonchev–Trinajstić information content (AvgIpc) is 3.34. The summed E-state index contributed by atoms with van der Waals surface area (Å²) in [6.45, 7) is 0. The zero-order valence-corrected chi connectivity index (χ0v) is 17.0. The third-order valence-electron chi connectivity index (χ3n) is 4.66. The van der Waals surface area contributed by atoms with Crippen LogP contribution in [0.25, 0.3) is 11.3 Å². The summed E-state index contributed by atoms with van der Waals surface area (Å²) in [6, 6.07) is 14.2. The van der Waals surface area contributed by atoms with Crippen LogP contribution in [0, 0.1) is 10.1 Å². The van der Waals surface area contributed by atoms with E-state index in [9.17, 15) is 14.9 Å². The zero-order chi connectivity index (χ0) is 21.3. The molecular formula is C21H17N5O3S. The molecule has 4 rings (SSSR count). The monoisotopic (exact) mass is 419 g/mol. The Hall–Kier alpha value is -3.72. The maximum Gasteiger partial charge on any atom is 0.284 e. The van der Waals surface area contributed by atoms with Gasteiger partial charge in [-0.1, -0.05) is 30.3 Å². The predicted molar refractivity (Wildman–Crippen MR) is 113 cm³/mol. The normalized spacial score (nSPS) is 10.9. The summed E-state index contributed by atoms with van der Waals surface area (Å²) in [6.07, 6.45) is 4.90. The fourth-order valence-corrected chi connectivity index (χ4v) is 3.98. The van der Waals surface area contributed by atoms with E-state index in [0.29, 0.717) is 10.1 Å². The number of carbonyl (C=O) groups excluding carboxylic acids is 1. The highest BCUT2D eigenvalue weighted by Gasteiger charge is 2.22. The summed E-state index contributed by atoms with van der Waals surface area (Å²) in [4.78, 5) is 32.7. The number of nitro benzene ring substituents is 1. The number of benzene rings is 2. The Bertz CT molecular complexity index is 1250. The molecule has 30 heavy (non-hydrogen) atoms. The van der Waals surface area contributed by atoms with Crippen molar-refractivity contribution in [1.82, 2.24) is 19.1 Å². The molecule has 0 aliphatic heterocycles. The van der Waals surface area contributed by atoms with Crippen molar-refractivity contribution in [3.8, 4) is 11.3 Å². The summed E-state index contributed by atoms with van der Waals surface area (Å²) in [5.41, 5.74) is 1.97. The van der Waals surface area contributed by atoms with Crippen molar-refractivity contribution in [2.75, 3.05) is 0 Å². The molecule has 0 radical (unpaired) electrons. The van der Waals surface area contributed by atoms with E-state index in [-0.39, 0.29) is 22.9 Å². The Kier molecular flexibility index (Phi) is 5.20. The molecule has 0 spiro atoms. The zero-order valence-electron chi connectivity index (χ0n) is 16.2. The number of hydrogen-bond donors (Lipinski definition) is 0. The van der Waals surface area contributed by atoms with Gasteiger partial charge < -0.3 is 9.13 Å². The van der Waals surface area contributed by atoms with Crippen LogP contribution in [0.15, 0.2) is 77.2 Å². The highest BCUT2D eigenvalue weighted by molar-refractivity contribution is 7.99. The maximum absolute atomic E-state index is 12.7. The van der Waals surface area contributed by atoms with Gasteiger partial charge in [0.2, 0.25) is 5.78 Å². The molecule has 0 unspecified atom stereocenters. The molecule has 2 aromatic heterocycles. The molecule has 0 atom stereocenters. The number of nitro groups is 1. The largest absolute Gasteiger partial charge is 0.331 e. The SMILES string of the molecule is Cn1ccnc1C(=O)c1ccc(Sc2ncc(-c3ccccc3)n2C)c([N+](=O)[O-])c1. The summed E-state index contributed by atoms with van der Waals surface area (Å²) < 4.78 is 3.46. The molecule has 0 saturated carbocycles. The Balaban J connectivity index is 1.67. The van der Waals surface area contributed by atoms with Gasteiger partial charge in [-0.05, 0) is 29.5 Å². The van der Waals surface area contributed by atoms with Crippen LogP contribution in [0.4, 0.5) is 5.69 Å². The second-order valence-corrected chi connectivity index (χ2v) is 7.59. The molecule has 0 N–H and O–H groups in total. The van der Waals surface area contributed by atoms with Gasteiger partial charge in [0.1, 0.15) is 0 Å². The first kappa shape index (κ1) is 19.6. The number of carbonyl (C=O) groups is 1. The van der Waals surface area contributed by atoms with Crippen LogP contribution in [0.5, 0.6) is 0 Å². The van der Waals surface area contributed by atoms with Crippen molar-refractivity contribution in [3.05, 3.63) is 88.6 Å². The van der Waals surface area contributed by atoms with E-state index in [1.165, 1.54) is 24.0 Å². The van der Waals surface area contributed by atoms with Crippen molar-refractivity contribution in [2.45, 2.75) is 10.1 Å². The molecule has 0 aliphatic rings. The topological polar surface area (TPSA) is 95.8 Å². The molecule has 0 saturated heterocycles. The Morgan fingerprint density at radius 3 is 2.53 bits per heavy atom. The third kappa shape index (κ3) is 3.62. The lowest BCUT2D eigenvalue weighted by molar-refractivity contribution is -0.387. The van der Waals surface area contributed by atoms with Gasteiger partial charge in [-0.25, -0.2) is 9.97 Å². The Morgan fingerprint density at radius 1 is 1.10 bits per heavy atom. The molecule has 150 valence electrons. The second kappa shape index (κ2) is 7.96. The first-order chi connectivity index (χ1) is 14.5. The van der Waals surface area contributed by atoms with Gasteiger partial charge >= 0.3 is 0 Å². The lowest BCUT2D eigenvalue weighted by Gasteiger charge is -2.07. The summed E-state index contributed by atoms with van der Waals surface area (Å²) in [5.74, 6) is -0.146. The number of aromatic nitrogens is 4. The van der Waals surface area contributed by atoms with Gasteiger partial charge in [-0.15, -0.1) is 0 Å². The lowest BCUT2D eigenvalue weighted by atomic mass is 10.1. The van der Waals surface area contributed by atoms with Crippen LogP contribution < -0.4 is 0 Å². The van der Waals surface area contributed by atoms with Gasteiger partial charge in [-0.2, -0.15) is 0 Å². The molecule has 0 amide bonds. The van der Waals surface area contributed by atoms with E-state index in [1.54, 1.807) is 36.1 Å². The summed E-state index contributed by atoms with van der Waals surface area (Å²) in [5, 5.41) is 12.3. The fourth-order valence-electron chi connectivity index (χ4n) is 3.06. The summed E-state index contributed by atoms with van der Waals surface area (Å²) >= 11 is 1.18. The maximum atomic E-state index is 12.7. The molecule has 0 bridgehead atoms. The Labute approximate surface area is 176 Å². The molecule has 9 heteroatoms. The van der Waals surface area contributed by atoms with Gasteiger partial charge in [0.05, 0.1) is 21.7 Å². The highest BCUT2D eigenvalue weighted by Crippen LogP contribution is 2.36. The van der Waals surface area contributed by atoms with Crippen LogP contribution in [0.1, 0.15) is 16.2 Å². The molecule has 2 aromatic carbocycles. The van der Waals surface area contributed by atoms with Crippen molar-refractivity contribution in [1.29, 1.82) is 0 Å². The minimum Gasteiger partial charge on any atom is -0.331 e. The molecule has 4 aromatic rings. The van der Waals surface area contributed by atoms with E-state index in [2.05, 4.69) is 9.97 Å². The van der Waals surface area contributed by atoms with Gasteiger partial charge in [0.15, 0.2) is 11.0 Å². The number of aryl methyl sites for hydroxylation is 1. The van der Waals surface area contributed by atoms with Gasteiger partial charge in [0, 0.05) is 38.1 Å². The van der Waals surface area contributed by atoms with E-state index in [4.69, 9.17) is 0 Å². The average molecular weight is 419 g/mol. The van der Waals surface area contributed by atoms with Crippen LogP contribution in [0.3, 0.4) is 0 Å². The van der Waals surface area contributed by atoms with Crippen LogP contribution >= 0.6 is 11.8 Å². The van der Waals surface area contributed by atoms with Crippen LogP contribution in [-0.4, -0.2) is 29.8 Å². The highest BCUT2D eigenvalue weighted by atomic mass is 32.2. The molecule has 8 nitrogen and oxygen atoms in total. The first-order valence-electron chi connectivity index (χ1n) is 9.01. The number of imidazole rings is 2.